The molecule has 1 aliphatic carbocycles. The average molecular weight is 320 g/mol. The van der Waals surface area contributed by atoms with Gasteiger partial charge in [-0.3, -0.25) is 0 Å². The smallest absolute Gasteiger partial charge is 0.403 e. The SMILES string of the molecule is C=C(C)C1=C(CCCC)[C@@](C)(O)[C@@H]1CB1OC(C)(C)C(C)(C)O1. The third-order valence-electron chi connectivity index (χ3n) is 5.93. The molecule has 0 aromatic rings. The van der Waals surface area contributed by atoms with Crippen LogP contribution in [0.15, 0.2) is 23.3 Å². The molecule has 0 unspecified atom stereocenters. The highest BCUT2D eigenvalue weighted by Gasteiger charge is 2.56. The third kappa shape index (κ3) is 3.18. The van der Waals surface area contributed by atoms with E-state index in [0.29, 0.717) is 6.32 Å². The second kappa shape index (κ2) is 6.05. The molecule has 1 N–H and O–H groups in total. The first-order valence-electron chi connectivity index (χ1n) is 8.91. The first kappa shape index (κ1) is 18.8. The van der Waals surface area contributed by atoms with Gasteiger partial charge in [-0.1, -0.05) is 25.5 Å². The summed E-state index contributed by atoms with van der Waals surface area (Å²) in [5.74, 6) is 0.0431. The summed E-state index contributed by atoms with van der Waals surface area (Å²) in [6, 6.07) is 0. The quantitative estimate of drug-likeness (QED) is 0.731. The van der Waals surface area contributed by atoms with Gasteiger partial charge in [0.15, 0.2) is 0 Å². The molecule has 4 heteroatoms. The first-order chi connectivity index (χ1) is 10.4. The lowest BCUT2D eigenvalue weighted by Crippen LogP contribution is -2.49. The standard InChI is InChI=1S/C19H33BO3/c1-9-10-11-14-16(13(2)3)15(19(14,8)21)12-20-22-17(4,5)18(6,7)23-20/h15,21H,2,9-12H2,1,3-8H3/t15-,19-/m1/s1. The molecule has 23 heavy (non-hydrogen) atoms. The number of hydrogen-bond acceptors (Lipinski definition) is 3. The van der Waals surface area contributed by atoms with Crippen LogP contribution in [0.5, 0.6) is 0 Å². The zero-order valence-electron chi connectivity index (χ0n) is 16.0. The van der Waals surface area contributed by atoms with Crippen LogP contribution in [0.2, 0.25) is 6.32 Å². The van der Waals surface area contributed by atoms with Crippen LogP contribution in [0.4, 0.5) is 0 Å². The van der Waals surface area contributed by atoms with Crippen molar-refractivity contribution in [3.63, 3.8) is 0 Å². The van der Waals surface area contributed by atoms with Crippen molar-refractivity contribution >= 4 is 7.12 Å². The van der Waals surface area contributed by atoms with Crippen molar-refractivity contribution in [2.75, 3.05) is 0 Å². The zero-order chi connectivity index (χ0) is 17.6. The summed E-state index contributed by atoms with van der Waals surface area (Å²) in [5.41, 5.74) is 2.03. The number of aliphatic hydroxyl groups is 1. The van der Waals surface area contributed by atoms with E-state index in [4.69, 9.17) is 9.31 Å². The van der Waals surface area contributed by atoms with Gasteiger partial charge in [0.05, 0.1) is 16.8 Å². The van der Waals surface area contributed by atoms with Gasteiger partial charge in [0, 0.05) is 5.92 Å². The maximum absolute atomic E-state index is 11.0. The summed E-state index contributed by atoms with van der Waals surface area (Å²) in [4.78, 5) is 0. The van der Waals surface area contributed by atoms with Crippen LogP contribution in [0.1, 0.15) is 67.7 Å². The zero-order valence-corrected chi connectivity index (χ0v) is 16.0. The summed E-state index contributed by atoms with van der Waals surface area (Å²) in [7, 11) is -0.279. The fourth-order valence-electron chi connectivity index (χ4n) is 3.79. The van der Waals surface area contributed by atoms with Crippen molar-refractivity contribution < 1.29 is 14.4 Å². The Labute approximate surface area is 142 Å². The van der Waals surface area contributed by atoms with Gasteiger partial charge in [0.25, 0.3) is 0 Å². The molecule has 2 atom stereocenters. The highest BCUT2D eigenvalue weighted by molar-refractivity contribution is 6.45. The minimum Gasteiger partial charge on any atom is -0.403 e. The second-order valence-electron chi connectivity index (χ2n) is 8.40. The van der Waals surface area contributed by atoms with Crippen LogP contribution in [0.25, 0.3) is 0 Å². The molecule has 3 nitrogen and oxygen atoms in total. The van der Waals surface area contributed by atoms with E-state index in [1.165, 1.54) is 5.57 Å². The second-order valence-corrected chi connectivity index (χ2v) is 8.40. The van der Waals surface area contributed by atoms with Gasteiger partial charge in [0.2, 0.25) is 0 Å². The van der Waals surface area contributed by atoms with Crippen LogP contribution in [0, 0.1) is 5.92 Å². The highest BCUT2D eigenvalue weighted by atomic mass is 16.7. The van der Waals surface area contributed by atoms with Crippen molar-refractivity contribution in [2.45, 2.75) is 90.9 Å². The molecule has 1 aliphatic heterocycles. The van der Waals surface area contributed by atoms with E-state index in [1.807, 2.05) is 13.8 Å². The molecule has 130 valence electrons. The van der Waals surface area contributed by atoms with Crippen LogP contribution in [-0.2, 0) is 9.31 Å². The van der Waals surface area contributed by atoms with Crippen molar-refractivity contribution in [2.24, 2.45) is 5.92 Å². The van der Waals surface area contributed by atoms with Crippen LogP contribution in [0.3, 0.4) is 0 Å². The average Bonchev–Trinajstić information content (AvgIpc) is 2.60. The Morgan fingerprint density at radius 2 is 1.70 bits per heavy atom. The molecule has 2 rings (SSSR count). The van der Waals surface area contributed by atoms with Gasteiger partial charge in [-0.05, 0) is 71.9 Å². The fraction of sp³-hybridized carbons (Fsp3) is 0.789. The summed E-state index contributed by atoms with van der Waals surface area (Å²) in [6.45, 7) is 18.5. The largest absolute Gasteiger partial charge is 0.458 e. The number of hydrogen-bond donors (Lipinski definition) is 1. The molecule has 0 aromatic carbocycles. The molecule has 0 radical (unpaired) electrons. The molecule has 1 fully saturated rings. The van der Waals surface area contributed by atoms with Crippen molar-refractivity contribution in [3.8, 4) is 0 Å². The lowest BCUT2D eigenvalue weighted by atomic mass is 9.55. The minimum atomic E-state index is -0.771. The molecule has 0 amide bonds. The van der Waals surface area contributed by atoms with Crippen molar-refractivity contribution in [1.82, 2.24) is 0 Å². The van der Waals surface area contributed by atoms with Gasteiger partial charge < -0.3 is 14.4 Å². The van der Waals surface area contributed by atoms with Crippen LogP contribution in [-0.4, -0.2) is 29.0 Å². The number of allylic oxidation sites excluding steroid dienone is 1. The fourth-order valence-corrected chi connectivity index (χ4v) is 3.79. The Kier molecular flexibility index (Phi) is 4.94. The lowest BCUT2D eigenvalue weighted by molar-refractivity contribution is 0.00578. The molecule has 2 aliphatic rings. The summed E-state index contributed by atoms with van der Waals surface area (Å²) >= 11 is 0. The van der Waals surface area contributed by atoms with E-state index in [2.05, 4.69) is 41.2 Å². The Morgan fingerprint density at radius 3 is 2.13 bits per heavy atom. The summed E-state index contributed by atoms with van der Waals surface area (Å²) in [6.07, 6.45) is 3.86. The van der Waals surface area contributed by atoms with Crippen LogP contribution < -0.4 is 0 Å². The molecule has 0 spiro atoms. The Hall–Kier alpha value is -0.575. The van der Waals surface area contributed by atoms with E-state index in [1.54, 1.807) is 0 Å². The first-order valence-corrected chi connectivity index (χ1v) is 8.91. The van der Waals surface area contributed by atoms with E-state index in [0.717, 1.165) is 30.4 Å². The normalized spacial score (nSPS) is 32.2. The monoisotopic (exact) mass is 320 g/mol. The maximum atomic E-state index is 11.0. The maximum Gasteiger partial charge on any atom is 0.458 e. The van der Waals surface area contributed by atoms with Gasteiger partial charge in [-0.15, -0.1) is 0 Å². The summed E-state index contributed by atoms with van der Waals surface area (Å²) in [5, 5.41) is 11.0. The molecule has 1 heterocycles. The van der Waals surface area contributed by atoms with Gasteiger partial charge >= 0.3 is 7.12 Å². The van der Waals surface area contributed by atoms with Gasteiger partial charge in [0.1, 0.15) is 0 Å². The molecule has 0 aromatic heterocycles. The van der Waals surface area contributed by atoms with E-state index < -0.39 is 5.60 Å². The predicted octanol–water partition coefficient (Wildman–Crippen LogP) is 4.52. The minimum absolute atomic E-state index is 0.0431. The van der Waals surface area contributed by atoms with E-state index in [9.17, 15) is 5.11 Å². The predicted molar refractivity (Wildman–Crippen MR) is 96.4 cm³/mol. The Balaban J connectivity index is 2.17. The number of unbranched alkanes of at least 4 members (excludes halogenated alkanes) is 1. The lowest BCUT2D eigenvalue weighted by Gasteiger charge is -2.48. The van der Waals surface area contributed by atoms with Gasteiger partial charge in [-0.2, -0.15) is 0 Å². The Bertz CT molecular complexity index is 501. The van der Waals surface area contributed by atoms with Crippen LogP contribution >= 0.6 is 0 Å². The summed E-state index contributed by atoms with van der Waals surface area (Å²) < 4.78 is 12.2. The molecule has 0 bridgehead atoms. The highest BCUT2D eigenvalue weighted by Crippen LogP contribution is 2.52. The van der Waals surface area contributed by atoms with E-state index in [-0.39, 0.29) is 24.2 Å². The molecular formula is C19H33BO3. The molecular weight excluding hydrogens is 287 g/mol. The Morgan fingerprint density at radius 1 is 1.17 bits per heavy atom. The van der Waals surface area contributed by atoms with Gasteiger partial charge in [-0.25, -0.2) is 0 Å². The van der Waals surface area contributed by atoms with Crippen molar-refractivity contribution in [1.29, 1.82) is 0 Å². The topological polar surface area (TPSA) is 38.7 Å². The molecule has 0 saturated carbocycles. The molecule has 1 saturated heterocycles. The van der Waals surface area contributed by atoms with Crippen molar-refractivity contribution in [3.05, 3.63) is 23.3 Å². The third-order valence-corrected chi connectivity index (χ3v) is 5.93. The number of rotatable bonds is 6. The van der Waals surface area contributed by atoms with E-state index >= 15 is 0 Å².